The van der Waals surface area contributed by atoms with Gasteiger partial charge in [0.25, 0.3) is 0 Å². The second-order valence-electron chi connectivity index (χ2n) is 7.34. The van der Waals surface area contributed by atoms with Crippen LogP contribution >= 0.6 is 0 Å². The molecule has 0 spiro atoms. The molecule has 178 valence electrons. The largest absolute Gasteiger partial charge is 1.00 e. The van der Waals surface area contributed by atoms with Crippen molar-refractivity contribution in [2.45, 2.75) is 30.7 Å². The number of ether oxygens (including phenoxy) is 2. The zero-order valence-electron chi connectivity index (χ0n) is 16.7. The Kier molecular flexibility index (Phi) is 7.03. The molecule has 1 aliphatic heterocycles. The predicted molar refractivity (Wildman–Crippen MR) is 107 cm³/mol. The van der Waals surface area contributed by atoms with Crippen LogP contribution in [-0.4, -0.2) is 78.2 Å². The van der Waals surface area contributed by atoms with E-state index in [0.29, 0.717) is 0 Å². The fourth-order valence-corrected chi connectivity index (χ4v) is 3.43. The Balaban J connectivity index is 0.00000306. The van der Waals surface area contributed by atoms with Crippen molar-refractivity contribution in [1.82, 2.24) is 0 Å². The highest BCUT2D eigenvalue weighted by Crippen LogP contribution is 2.42. The molecule has 3 unspecified atom stereocenters. The second-order valence-corrected chi connectivity index (χ2v) is 7.34. The van der Waals surface area contributed by atoms with Crippen LogP contribution in [0.4, 0.5) is 0 Å². The van der Waals surface area contributed by atoms with Crippen LogP contribution < -0.4 is 17.1 Å². The number of rotatable bonds is 4. The minimum absolute atomic E-state index is 0. The van der Waals surface area contributed by atoms with Gasteiger partial charge in [0.05, 0.1) is 18.2 Å². The number of phenolic OH excluding ortho intramolecular Hbond substituents is 4. The van der Waals surface area contributed by atoms with Gasteiger partial charge >= 0.3 is 11.3 Å². The third-order valence-corrected chi connectivity index (χ3v) is 5.15. The highest BCUT2D eigenvalue weighted by molar-refractivity contribution is 5.88. The number of aliphatic hydroxyl groups is 4. The molecule has 0 saturated carbocycles. The summed E-state index contributed by atoms with van der Waals surface area (Å²) in [5.41, 5.74) is 0.260. The first kappa shape index (κ1) is 24.6. The van der Waals surface area contributed by atoms with Crippen LogP contribution in [0, 0.1) is 0 Å². The Bertz CT molecular complexity index is 1150. The molecule has 3 aromatic rings. The first-order chi connectivity index (χ1) is 15.2. The number of aromatic hydroxyl groups is 4. The summed E-state index contributed by atoms with van der Waals surface area (Å²) in [6.07, 6.45) is -7.76. The number of fused-ring (bicyclic) bond motifs is 1. The van der Waals surface area contributed by atoms with E-state index in [1.54, 1.807) is 0 Å². The summed E-state index contributed by atoms with van der Waals surface area (Å²) in [7, 11) is 0. The van der Waals surface area contributed by atoms with Crippen molar-refractivity contribution in [3.8, 4) is 40.1 Å². The Morgan fingerprint density at radius 1 is 0.848 bits per heavy atom. The maximum atomic E-state index is 10.3. The maximum absolute atomic E-state index is 10.3. The van der Waals surface area contributed by atoms with Crippen molar-refractivity contribution >= 4 is 11.0 Å². The van der Waals surface area contributed by atoms with Gasteiger partial charge in [0.1, 0.15) is 41.3 Å². The lowest BCUT2D eigenvalue weighted by molar-refractivity contribution is -0.277. The van der Waals surface area contributed by atoms with E-state index >= 15 is 0 Å². The average Bonchev–Trinajstić information content (AvgIpc) is 2.76. The Hall–Kier alpha value is -3.06. The Morgan fingerprint density at radius 2 is 1.58 bits per heavy atom. The van der Waals surface area contributed by atoms with E-state index in [1.807, 2.05) is 0 Å². The van der Waals surface area contributed by atoms with Gasteiger partial charge in [-0.1, -0.05) is 0 Å². The fraction of sp³-hybridized carbons (Fsp3) is 0.286. The fourth-order valence-electron chi connectivity index (χ4n) is 3.43. The molecule has 5 atom stereocenters. The first-order valence-corrected chi connectivity index (χ1v) is 9.52. The molecule has 4 rings (SSSR count). The van der Waals surface area contributed by atoms with Crippen molar-refractivity contribution in [3.63, 3.8) is 0 Å². The molecule has 2 heterocycles. The summed E-state index contributed by atoms with van der Waals surface area (Å²) in [4.78, 5) is 0. The van der Waals surface area contributed by atoms with Gasteiger partial charge in [-0.15, -0.1) is 0 Å². The highest BCUT2D eigenvalue weighted by atomic mass is 35.5. The molecule has 1 aliphatic rings. The molecule has 1 aromatic heterocycles. The average molecular weight is 485 g/mol. The van der Waals surface area contributed by atoms with E-state index < -0.39 is 43.1 Å². The van der Waals surface area contributed by atoms with Gasteiger partial charge < -0.3 is 62.7 Å². The highest BCUT2D eigenvalue weighted by Gasteiger charge is 2.45. The molecule has 0 bridgehead atoms. The molecule has 33 heavy (non-hydrogen) atoms. The molecule has 12 heteroatoms. The van der Waals surface area contributed by atoms with Gasteiger partial charge in [0.2, 0.25) is 12.0 Å². The molecule has 0 amide bonds. The van der Waals surface area contributed by atoms with Gasteiger partial charge in [-0.3, -0.25) is 0 Å². The summed E-state index contributed by atoms with van der Waals surface area (Å²) in [5.74, 6) is -1.64. The molecule has 1 fully saturated rings. The van der Waals surface area contributed by atoms with Gasteiger partial charge in [-0.2, -0.15) is 0 Å². The van der Waals surface area contributed by atoms with Crippen LogP contribution in [0.25, 0.3) is 22.3 Å². The van der Waals surface area contributed by atoms with E-state index in [1.165, 1.54) is 30.3 Å². The number of aliphatic hydroxyl groups excluding tert-OH is 4. The smallest absolute Gasteiger partial charge is 0.402 e. The Morgan fingerprint density at radius 3 is 2.24 bits per heavy atom. The molecule has 0 radical (unpaired) electrons. The minimum atomic E-state index is -1.71. The van der Waals surface area contributed by atoms with Crippen molar-refractivity contribution in [2.75, 3.05) is 6.61 Å². The predicted octanol–water partition coefficient (Wildman–Crippen LogP) is -2.61. The van der Waals surface area contributed by atoms with Crippen molar-refractivity contribution in [1.29, 1.82) is 0 Å². The number of halogens is 1. The quantitative estimate of drug-likeness (QED) is 0.143. The summed E-state index contributed by atoms with van der Waals surface area (Å²) in [6, 6.07) is 7.37. The van der Waals surface area contributed by atoms with Crippen LogP contribution in [0.2, 0.25) is 0 Å². The van der Waals surface area contributed by atoms with Crippen LogP contribution in [0.3, 0.4) is 0 Å². The van der Waals surface area contributed by atoms with Gasteiger partial charge in [-0.25, -0.2) is 4.42 Å². The molecular weight excluding hydrogens is 464 g/mol. The maximum Gasteiger partial charge on any atom is 0.402 e. The lowest BCUT2D eigenvalue weighted by Crippen LogP contribution is -3.00. The summed E-state index contributed by atoms with van der Waals surface area (Å²) < 4.78 is 16.8. The van der Waals surface area contributed by atoms with Crippen LogP contribution in [0.15, 0.2) is 40.8 Å². The van der Waals surface area contributed by atoms with E-state index in [-0.39, 0.29) is 57.7 Å². The van der Waals surface area contributed by atoms with Gasteiger partial charge in [-0.05, 0) is 12.1 Å². The Labute approximate surface area is 192 Å². The van der Waals surface area contributed by atoms with Gasteiger partial charge in [0.15, 0.2) is 11.5 Å². The second kappa shape index (κ2) is 9.43. The van der Waals surface area contributed by atoms with Crippen LogP contribution in [0.5, 0.6) is 28.7 Å². The van der Waals surface area contributed by atoms with E-state index in [4.69, 9.17) is 13.9 Å². The third-order valence-electron chi connectivity index (χ3n) is 5.15. The number of hydrogen-bond acceptors (Lipinski definition) is 10. The third kappa shape index (κ3) is 4.55. The van der Waals surface area contributed by atoms with Crippen LogP contribution in [0.1, 0.15) is 0 Å². The molecule has 2 aromatic carbocycles. The summed E-state index contributed by atoms with van der Waals surface area (Å²) in [6.45, 7) is -0.661. The molecule has 8 N–H and O–H groups in total. The number of phenols is 4. The number of hydrogen-bond donors (Lipinski definition) is 8. The van der Waals surface area contributed by atoms with Gasteiger partial charge in [0, 0.05) is 18.2 Å². The topological polar surface area (TPSA) is 192 Å². The zero-order valence-corrected chi connectivity index (χ0v) is 17.5. The lowest BCUT2D eigenvalue weighted by atomic mass is 9.99. The van der Waals surface area contributed by atoms with E-state index in [0.717, 1.165) is 6.07 Å². The molecule has 11 nitrogen and oxygen atoms in total. The van der Waals surface area contributed by atoms with E-state index in [2.05, 4.69) is 0 Å². The van der Waals surface area contributed by atoms with Crippen molar-refractivity contribution in [3.05, 3.63) is 36.4 Å². The standard InChI is InChI=1S/C21H20O11.ClH/c22-7-16-17(27)18(28)19(29)21(32-16)31-15-6-10-12(25)4-9(23)5-14(10)30-20(15)8-1-2-11(24)13(26)3-8;/h1-6,16-19,21-22,27-29H,7H2,(H3-,23,24,25,26);1H/t16?,17?,18?,19-,21+;/m0./s1. The molecule has 1 saturated heterocycles. The minimum Gasteiger partial charge on any atom is -1.00 e. The zero-order chi connectivity index (χ0) is 23.2. The van der Waals surface area contributed by atoms with Crippen molar-refractivity contribution in [2.24, 2.45) is 0 Å². The lowest BCUT2D eigenvalue weighted by Gasteiger charge is -2.39. The molecule has 0 aliphatic carbocycles. The van der Waals surface area contributed by atoms with Crippen LogP contribution in [-0.2, 0) is 4.74 Å². The SMILES string of the molecule is OCC1O[C@@H](Oc2cc3c(O)cc(O)cc3[o+]c2-c2ccc(O)c(O)c2)[C@@H](O)C(O)C1O.[Cl-]. The first-order valence-electron chi connectivity index (χ1n) is 9.52. The number of benzene rings is 2. The molecular formula is C21H21ClO11. The summed E-state index contributed by atoms with van der Waals surface area (Å²) in [5, 5.41) is 79.2. The monoisotopic (exact) mass is 484 g/mol. The normalized spacial score (nSPS) is 24.9. The van der Waals surface area contributed by atoms with Crippen molar-refractivity contribution < 1.29 is 67.2 Å². The van der Waals surface area contributed by atoms with E-state index in [9.17, 15) is 40.9 Å². The summed E-state index contributed by atoms with van der Waals surface area (Å²) >= 11 is 0.